The van der Waals surface area contributed by atoms with Gasteiger partial charge in [0.15, 0.2) is 0 Å². The number of carbonyl (C=O) groups is 1. The molecule has 1 fully saturated rings. The van der Waals surface area contributed by atoms with Crippen molar-refractivity contribution in [2.75, 3.05) is 31.1 Å². The van der Waals surface area contributed by atoms with Crippen molar-refractivity contribution in [3.8, 4) is 0 Å². The summed E-state index contributed by atoms with van der Waals surface area (Å²) in [7, 11) is 0. The first kappa shape index (κ1) is 18.6. The number of rotatable bonds is 6. The summed E-state index contributed by atoms with van der Waals surface area (Å²) in [4.78, 5) is 13.7. The second-order valence-corrected chi connectivity index (χ2v) is 7.79. The lowest BCUT2D eigenvalue weighted by Crippen LogP contribution is -2.45. The monoisotopic (exact) mass is 318 g/mol. The van der Waals surface area contributed by atoms with Crippen LogP contribution < -0.4 is 5.32 Å². The molecule has 0 aromatic heterocycles. The van der Waals surface area contributed by atoms with E-state index in [1.807, 2.05) is 32.5 Å². The van der Waals surface area contributed by atoms with Crippen LogP contribution in [0.4, 0.5) is 4.79 Å². The fraction of sp³-hybridized carbons (Fsp3) is 0.933. The van der Waals surface area contributed by atoms with E-state index in [0.29, 0.717) is 19.1 Å². The van der Waals surface area contributed by atoms with Gasteiger partial charge in [0.2, 0.25) is 0 Å². The van der Waals surface area contributed by atoms with Gasteiger partial charge in [-0.3, -0.25) is 0 Å². The van der Waals surface area contributed by atoms with Crippen molar-refractivity contribution in [1.29, 1.82) is 0 Å². The van der Waals surface area contributed by atoms with Gasteiger partial charge >= 0.3 is 6.09 Å². The molecule has 0 aromatic carbocycles. The maximum Gasteiger partial charge on any atom is 0.410 e. The molecule has 6 heteroatoms. The number of hydrogen-bond donors (Lipinski definition) is 2. The van der Waals surface area contributed by atoms with E-state index in [-0.39, 0.29) is 6.09 Å². The van der Waals surface area contributed by atoms with Crippen molar-refractivity contribution >= 4 is 17.9 Å². The SMILES string of the molecule is CC(O)CN(CCNC1CCCSC1)C(=O)OC(C)(C)C. The molecule has 0 saturated carbocycles. The van der Waals surface area contributed by atoms with E-state index in [1.165, 1.54) is 18.6 Å². The topological polar surface area (TPSA) is 61.8 Å². The average molecular weight is 318 g/mol. The molecule has 0 spiro atoms. The molecule has 0 bridgehead atoms. The summed E-state index contributed by atoms with van der Waals surface area (Å²) in [6.07, 6.45) is 1.55. The molecule has 1 saturated heterocycles. The highest BCUT2D eigenvalue weighted by Gasteiger charge is 2.23. The van der Waals surface area contributed by atoms with Crippen molar-refractivity contribution < 1.29 is 14.6 Å². The minimum absolute atomic E-state index is 0.302. The van der Waals surface area contributed by atoms with Gasteiger partial charge in [-0.25, -0.2) is 4.79 Å². The molecular weight excluding hydrogens is 288 g/mol. The first-order valence-electron chi connectivity index (χ1n) is 7.75. The third kappa shape index (κ3) is 8.53. The van der Waals surface area contributed by atoms with Gasteiger partial charge in [0.05, 0.1) is 6.10 Å². The van der Waals surface area contributed by atoms with Crippen LogP contribution in [0.2, 0.25) is 0 Å². The Morgan fingerprint density at radius 1 is 1.52 bits per heavy atom. The molecule has 1 aliphatic rings. The predicted molar refractivity (Wildman–Crippen MR) is 87.8 cm³/mol. The van der Waals surface area contributed by atoms with Gasteiger partial charge in [-0.15, -0.1) is 0 Å². The lowest BCUT2D eigenvalue weighted by atomic mass is 10.2. The third-order valence-electron chi connectivity index (χ3n) is 3.11. The van der Waals surface area contributed by atoms with Gasteiger partial charge < -0.3 is 20.1 Å². The number of amides is 1. The summed E-state index contributed by atoms with van der Waals surface area (Å²) < 4.78 is 5.39. The molecule has 1 heterocycles. The first-order chi connectivity index (χ1) is 9.78. The summed E-state index contributed by atoms with van der Waals surface area (Å²) in [5, 5.41) is 13.0. The lowest BCUT2D eigenvalue weighted by molar-refractivity contribution is 0.0163. The second kappa shape index (κ2) is 8.86. The van der Waals surface area contributed by atoms with E-state index in [0.717, 1.165) is 12.3 Å². The Morgan fingerprint density at radius 3 is 2.76 bits per heavy atom. The molecule has 5 nitrogen and oxygen atoms in total. The molecule has 0 radical (unpaired) electrons. The van der Waals surface area contributed by atoms with Crippen LogP contribution in [0.1, 0.15) is 40.5 Å². The van der Waals surface area contributed by atoms with Crippen LogP contribution in [-0.4, -0.2) is 65.0 Å². The first-order valence-corrected chi connectivity index (χ1v) is 8.90. The Bertz CT molecular complexity index is 313. The highest BCUT2D eigenvalue weighted by Crippen LogP contribution is 2.16. The number of ether oxygens (including phenoxy) is 1. The zero-order valence-electron chi connectivity index (χ0n) is 13.7. The fourth-order valence-corrected chi connectivity index (χ4v) is 3.31. The maximum atomic E-state index is 12.1. The van der Waals surface area contributed by atoms with E-state index in [1.54, 1.807) is 11.8 Å². The summed E-state index contributed by atoms with van der Waals surface area (Å²) in [5.74, 6) is 2.40. The number of hydrogen-bond acceptors (Lipinski definition) is 5. The predicted octanol–water partition coefficient (Wildman–Crippen LogP) is 2.09. The number of aliphatic hydroxyl groups excluding tert-OH is 1. The van der Waals surface area contributed by atoms with Gasteiger partial charge in [-0.1, -0.05) is 0 Å². The molecule has 2 N–H and O–H groups in total. The Kier molecular flexibility index (Phi) is 7.84. The van der Waals surface area contributed by atoms with Crippen LogP contribution in [0, 0.1) is 0 Å². The average Bonchev–Trinajstić information content (AvgIpc) is 2.36. The van der Waals surface area contributed by atoms with E-state index in [2.05, 4.69) is 5.32 Å². The molecule has 0 aromatic rings. The lowest BCUT2D eigenvalue weighted by Gasteiger charge is -2.29. The minimum atomic E-state index is -0.553. The van der Waals surface area contributed by atoms with E-state index >= 15 is 0 Å². The number of carbonyl (C=O) groups excluding carboxylic acids is 1. The van der Waals surface area contributed by atoms with Crippen molar-refractivity contribution in [2.24, 2.45) is 0 Å². The molecule has 124 valence electrons. The van der Waals surface area contributed by atoms with Crippen LogP contribution in [0.25, 0.3) is 0 Å². The molecule has 1 aliphatic heterocycles. The Labute approximate surface area is 132 Å². The minimum Gasteiger partial charge on any atom is -0.444 e. The van der Waals surface area contributed by atoms with Crippen LogP contribution in [-0.2, 0) is 4.74 Å². The van der Waals surface area contributed by atoms with Crippen molar-refractivity contribution in [1.82, 2.24) is 10.2 Å². The zero-order valence-corrected chi connectivity index (χ0v) is 14.5. The maximum absolute atomic E-state index is 12.1. The van der Waals surface area contributed by atoms with Gasteiger partial charge in [-0.05, 0) is 46.3 Å². The smallest absolute Gasteiger partial charge is 0.410 e. The summed E-state index contributed by atoms with van der Waals surface area (Å²) >= 11 is 1.98. The fourth-order valence-electron chi connectivity index (χ4n) is 2.21. The van der Waals surface area contributed by atoms with Crippen LogP contribution >= 0.6 is 11.8 Å². The molecule has 1 amide bonds. The molecule has 2 atom stereocenters. The Morgan fingerprint density at radius 2 is 2.24 bits per heavy atom. The molecule has 2 unspecified atom stereocenters. The Hall–Kier alpha value is -0.460. The van der Waals surface area contributed by atoms with Gasteiger partial charge in [-0.2, -0.15) is 11.8 Å². The third-order valence-corrected chi connectivity index (χ3v) is 4.33. The number of thioether (sulfide) groups is 1. The molecule has 1 rings (SSSR count). The van der Waals surface area contributed by atoms with Crippen molar-refractivity contribution in [3.63, 3.8) is 0 Å². The van der Waals surface area contributed by atoms with Crippen LogP contribution in [0.5, 0.6) is 0 Å². The molecular formula is C15H30N2O3S. The zero-order chi connectivity index (χ0) is 15.9. The van der Waals surface area contributed by atoms with E-state index in [4.69, 9.17) is 4.74 Å². The van der Waals surface area contributed by atoms with Crippen LogP contribution in [0.15, 0.2) is 0 Å². The second-order valence-electron chi connectivity index (χ2n) is 6.64. The number of nitrogens with one attached hydrogen (secondary N) is 1. The molecule has 0 aliphatic carbocycles. The highest BCUT2D eigenvalue weighted by atomic mass is 32.2. The van der Waals surface area contributed by atoms with Crippen molar-refractivity contribution in [2.45, 2.75) is 58.3 Å². The van der Waals surface area contributed by atoms with Gasteiger partial charge in [0.25, 0.3) is 0 Å². The quantitative estimate of drug-likeness (QED) is 0.785. The largest absolute Gasteiger partial charge is 0.444 e. The number of aliphatic hydroxyl groups is 1. The van der Waals surface area contributed by atoms with Crippen molar-refractivity contribution in [3.05, 3.63) is 0 Å². The van der Waals surface area contributed by atoms with Gasteiger partial charge in [0.1, 0.15) is 5.60 Å². The summed E-state index contributed by atoms with van der Waals surface area (Å²) in [6, 6.07) is 0.538. The highest BCUT2D eigenvalue weighted by molar-refractivity contribution is 7.99. The van der Waals surface area contributed by atoms with E-state index in [9.17, 15) is 9.90 Å². The summed E-state index contributed by atoms with van der Waals surface area (Å²) in [6.45, 7) is 8.83. The molecule has 21 heavy (non-hydrogen) atoms. The number of nitrogens with zero attached hydrogens (tertiary/aromatic N) is 1. The summed E-state index contributed by atoms with van der Waals surface area (Å²) in [5.41, 5.74) is -0.512. The van der Waals surface area contributed by atoms with Gasteiger partial charge in [0, 0.05) is 31.4 Å². The Balaban J connectivity index is 2.39. The van der Waals surface area contributed by atoms with Crippen LogP contribution in [0.3, 0.4) is 0 Å². The standard InChI is InChI=1S/C15H30N2O3S/c1-12(18)10-17(14(19)20-15(2,3)4)8-7-16-13-6-5-9-21-11-13/h12-13,16,18H,5-11H2,1-4H3. The normalized spacial score (nSPS) is 20.9. The van der Waals surface area contributed by atoms with E-state index < -0.39 is 11.7 Å².